The third-order valence-corrected chi connectivity index (χ3v) is 2.09. The van der Waals surface area contributed by atoms with Crippen LogP contribution in [0.15, 0.2) is 18.2 Å². The highest BCUT2D eigenvalue weighted by Gasteiger charge is 2.31. The summed E-state index contributed by atoms with van der Waals surface area (Å²) in [7, 11) is 1.24. The van der Waals surface area contributed by atoms with E-state index < -0.39 is 24.5 Å². The molecule has 16 heavy (non-hydrogen) atoms. The highest BCUT2D eigenvalue weighted by atomic mass is 19.4. The molecule has 0 aliphatic heterocycles. The molecule has 0 aliphatic rings. The molecule has 6 heteroatoms. The first-order chi connectivity index (χ1) is 7.38. The molecule has 0 radical (unpaired) electrons. The number of nitrogens with two attached hydrogens (primary N) is 1. The van der Waals surface area contributed by atoms with E-state index in [-0.39, 0.29) is 11.3 Å². The molecule has 0 fully saturated rings. The molecule has 0 spiro atoms. The second-order valence-electron chi connectivity index (χ2n) is 3.25. The quantitative estimate of drug-likeness (QED) is 0.820. The first-order valence-electron chi connectivity index (χ1n) is 4.46. The number of benzene rings is 1. The number of rotatable bonds is 3. The van der Waals surface area contributed by atoms with Gasteiger partial charge < -0.3 is 10.5 Å². The van der Waals surface area contributed by atoms with Crippen LogP contribution in [0.5, 0.6) is 5.75 Å². The monoisotopic (exact) mass is 237 g/mol. The zero-order valence-electron chi connectivity index (χ0n) is 8.51. The van der Waals surface area contributed by atoms with Crippen molar-refractivity contribution in [1.29, 1.82) is 0 Å². The molecule has 0 unspecified atom stereocenters. The molecule has 2 nitrogen and oxygen atoms in total. The van der Waals surface area contributed by atoms with Crippen LogP contribution in [0.2, 0.25) is 0 Å². The van der Waals surface area contributed by atoms with Crippen molar-refractivity contribution in [2.45, 2.75) is 12.2 Å². The van der Waals surface area contributed by atoms with E-state index >= 15 is 0 Å². The van der Waals surface area contributed by atoms with Crippen LogP contribution in [-0.4, -0.2) is 13.8 Å². The first-order valence-corrected chi connectivity index (χ1v) is 4.46. The van der Waals surface area contributed by atoms with Crippen molar-refractivity contribution >= 4 is 0 Å². The van der Waals surface area contributed by atoms with Crippen molar-refractivity contribution in [3.8, 4) is 5.75 Å². The van der Waals surface area contributed by atoms with Crippen LogP contribution in [0.4, 0.5) is 17.6 Å². The SMILES string of the molecule is COc1cc([C@@H](N)CF)cc(C(F)(F)F)c1. The maximum atomic E-state index is 12.5. The van der Waals surface area contributed by atoms with E-state index in [0.717, 1.165) is 12.1 Å². The summed E-state index contributed by atoms with van der Waals surface area (Å²) in [6.07, 6.45) is -4.50. The highest BCUT2D eigenvalue weighted by Crippen LogP contribution is 2.33. The summed E-state index contributed by atoms with van der Waals surface area (Å²) in [5, 5.41) is 0. The second-order valence-corrected chi connectivity index (χ2v) is 3.25. The molecule has 2 N–H and O–H groups in total. The molecule has 1 aromatic rings. The van der Waals surface area contributed by atoms with Gasteiger partial charge in [0.15, 0.2) is 0 Å². The fourth-order valence-electron chi connectivity index (χ4n) is 1.21. The van der Waals surface area contributed by atoms with Gasteiger partial charge in [-0.2, -0.15) is 13.2 Å². The van der Waals surface area contributed by atoms with E-state index in [1.165, 1.54) is 13.2 Å². The van der Waals surface area contributed by atoms with Crippen molar-refractivity contribution in [3.63, 3.8) is 0 Å². The number of halogens is 4. The topological polar surface area (TPSA) is 35.2 Å². The van der Waals surface area contributed by atoms with Crippen molar-refractivity contribution in [1.82, 2.24) is 0 Å². The van der Waals surface area contributed by atoms with Crippen molar-refractivity contribution < 1.29 is 22.3 Å². The molecular weight excluding hydrogens is 226 g/mol. The maximum absolute atomic E-state index is 12.5. The van der Waals surface area contributed by atoms with E-state index in [4.69, 9.17) is 10.5 Å². The standard InChI is InChI=1S/C10H11F4NO/c1-16-8-3-6(9(15)5-11)2-7(4-8)10(12,13)14/h2-4,9H,5,15H2,1H3/t9-/m0/s1. The normalized spacial score (nSPS) is 13.6. The Kier molecular flexibility index (Phi) is 3.74. The van der Waals surface area contributed by atoms with Gasteiger partial charge in [0.25, 0.3) is 0 Å². The molecular formula is C10H11F4NO. The molecule has 0 aliphatic carbocycles. The number of hydrogen-bond donors (Lipinski definition) is 1. The summed E-state index contributed by atoms with van der Waals surface area (Å²) < 4.78 is 54.4. The Morgan fingerprint density at radius 1 is 1.31 bits per heavy atom. The Labute approximate surface area is 90.0 Å². The molecule has 1 atom stereocenters. The van der Waals surface area contributed by atoms with Crippen LogP contribution in [0.1, 0.15) is 17.2 Å². The van der Waals surface area contributed by atoms with Crippen LogP contribution in [0, 0.1) is 0 Å². The number of ether oxygens (including phenoxy) is 1. The molecule has 0 saturated heterocycles. The predicted molar refractivity (Wildman–Crippen MR) is 50.9 cm³/mol. The summed E-state index contributed by atoms with van der Waals surface area (Å²) in [5.74, 6) is 0.00808. The molecule has 1 rings (SSSR count). The molecule has 1 aromatic carbocycles. The zero-order chi connectivity index (χ0) is 12.3. The second kappa shape index (κ2) is 4.69. The van der Waals surface area contributed by atoms with Crippen LogP contribution < -0.4 is 10.5 Å². The largest absolute Gasteiger partial charge is 0.497 e. The zero-order valence-corrected chi connectivity index (χ0v) is 8.51. The molecule has 90 valence electrons. The van der Waals surface area contributed by atoms with E-state index in [0.29, 0.717) is 0 Å². The van der Waals surface area contributed by atoms with Crippen molar-refractivity contribution in [2.75, 3.05) is 13.8 Å². The molecule has 0 heterocycles. The lowest BCUT2D eigenvalue weighted by molar-refractivity contribution is -0.137. The fourth-order valence-corrected chi connectivity index (χ4v) is 1.21. The molecule has 0 amide bonds. The summed E-state index contributed by atoms with van der Waals surface area (Å²) >= 11 is 0. The Morgan fingerprint density at radius 3 is 2.38 bits per heavy atom. The van der Waals surface area contributed by atoms with E-state index in [9.17, 15) is 17.6 Å². The average Bonchev–Trinajstić information content (AvgIpc) is 2.26. The van der Waals surface area contributed by atoms with Crippen LogP contribution in [-0.2, 0) is 6.18 Å². The summed E-state index contributed by atoms with van der Waals surface area (Å²) in [5.41, 5.74) is 4.50. The van der Waals surface area contributed by atoms with Gasteiger partial charge in [0, 0.05) is 0 Å². The van der Waals surface area contributed by atoms with Gasteiger partial charge in [0.05, 0.1) is 18.7 Å². The fraction of sp³-hybridized carbons (Fsp3) is 0.400. The summed E-state index contributed by atoms with van der Waals surface area (Å²) in [6.45, 7) is -0.926. The van der Waals surface area contributed by atoms with Gasteiger partial charge in [-0.25, -0.2) is 4.39 Å². The molecule has 0 aromatic heterocycles. The van der Waals surface area contributed by atoms with Crippen molar-refractivity contribution in [2.24, 2.45) is 5.73 Å². The van der Waals surface area contributed by atoms with Crippen LogP contribution >= 0.6 is 0 Å². The van der Waals surface area contributed by atoms with Gasteiger partial charge in [0.2, 0.25) is 0 Å². The van der Waals surface area contributed by atoms with E-state index in [1.807, 2.05) is 0 Å². The van der Waals surface area contributed by atoms with Gasteiger partial charge >= 0.3 is 6.18 Å². The average molecular weight is 237 g/mol. The smallest absolute Gasteiger partial charge is 0.416 e. The van der Waals surface area contributed by atoms with E-state index in [1.54, 1.807) is 0 Å². The predicted octanol–water partition coefficient (Wildman–Crippen LogP) is 2.68. The lowest BCUT2D eigenvalue weighted by atomic mass is 10.0. The number of alkyl halides is 4. The minimum Gasteiger partial charge on any atom is -0.497 e. The van der Waals surface area contributed by atoms with Crippen LogP contribution in [0.25, 0.3) is 0 Å². The molecule has 0 bridgehead atoms. The van der Waals surface area contributed by atoms with Crippen LogP contribution in [0.3, 0.4) is 0 Å². The lowest BCUT2D eigenvalue weighted by Crippen LogP contribution is -2.14. The first kappa shape index (κ1) is 12.8. The minimum atomic E-state index is -4.50. The number of hydrogen-bond acceptors (Lipinski definition) is 2. The molecule has 0 saturated carbocycles. The third-order valence-electron chi connectivity index (χ3n) is 2.09. The van der Waals surface area contributed by atoms with Gasteiger partial charge in [-0.1, -0.05) is 0 Å². The highest BCUT2D eigenvalue weighted by molar-refractivity contribution is 5.37. The Hall–Kier alpha value is -1.30. The Bertz CT molecular complexity index is 364. The summed E-state index contributed by atoms with van der Waals surface area (Å²) in [4.78, 5) is 0. The van der Waals surface area contributed by atoms with Gasteiger partial charge in [-0.05, 0) is 23.8 Å². The van der Waals surface area contributed by atoms with Gasteiger partial charge in [0.1, 0.15) is 12.4 Å². The van der Waals surface area contributed by atoms with Gasteiger partial charge in [-0.3, -0.25) is 0 Å². The van der Waals surface area contributed by atoms with E-state index in [2.05, 4.69) is 0 Å². The lowest BCUT2D eigenvalue weighted by Gasteiger charge is -2.14. The Balaban J connectivity index is 3.21. The maximum Gasteiger partial charge on any atom is 0.416 e. The number of methoxy groups -OCH3 is 1. The van der Waals surface area contributed by atoms with Crippen molar-refractivity contribution in [3.05, 3.63) is 29.3 Å². The third kappa shape index (κ3) is 2.85. The van der Waals surface area contributed by atoms with Gasteiger partial charge in [-0.15, -0.1) is 0 Å². The minimum absolute atomic E-state index is 0.00808. The Morgan fingerprint density at radius 2 is 1.94 bits per heavy atom. The summed E-state index contributed by atoms with van der Waals surface area (Å²) in [6, 6.07) is 1.89.